The maximum Gasteiger partial charge on any atom is 0.326 e. The molecule has 0 spiro atoms. The van der Waals surface area contributed by atoms with Crippen LogP contribution in [0.4, 0.5) is 0 Å². The average Bonchev–Trinajstić information content (AvgIpc) is 2.93. The summed E-state index contributed by atoms with van der Waals surface area (Å²) in [6, 6.07) is -1.34. The molecule has 0 fully saturated rings. The molecular formula is C27H49N7O10S. The number of carboxylic acid groups (broad SMARTS) is 2. The zero-order chi connectivity index (χ0) is 34.5. The molecule has 17 nitrogen and oxygen atoms in total. The van der Waals surface area contributed by atoms with Crippen molar-refractivity contribution in [1.82, 2.24) is 20.7 Å². The average molecular weight is 664 g/mol. The predicted octanol–water partition coefficient (Wildman–Crippen LogP) is -0.706. The second-order valence-corrected chi connectivity index (χ2v) is 12.5. The van der Waals surface area contributed by atoms with Crippen LogP contribution in [0, 0.1) is 10.8 Å². The van der Waals surface area contributed by atoms with E-state index in [9.17, 15) is 33.9 Å². The molecule has 0 aliphatic carbocycles. The van der Waals surface area contributed by atoms with E-state index < -0.39 is 48.4 Å². The Morgan fingerprint density at radius 3 is 2.18 bits per heavy atom. The molecule has 1 atom stereocenters. The third-order valence-electron chi connectivity index (χ3n) is 6.08. The minimum Gasteiger partial charge on any atom is -0.480 e. The number of carbonyl (C=O) groups is 6. The SMILES string of the molecule is CC(C)(C/C(N)=N/N)CC(C)(C)C(=O)NSCCCC(=O)NCCOCCOCC(=O)N[C@@H](CCC(=O)NCC(=O)O)C(=O)O. The molecule has 0 saturated carbocycles. The Morgan fingerprint density at radius 2 is 1.56 bits per heavy atom. The number of amides is 4. The normalized spacial score (nSPS) is 12.6. The van der Waals surface area contributed by atoms with Gasteiger partial charge in [0.05, 0.1) is 19.8 Å². The van der Waals surface area contributed by atoms with Gasteiger partial charge in [-0.1, -0.05) is 39.6 Å². The van der Waals surface area contributed by atoms with E-state index in [0.29, 0.717) is 30.9 Å². The third kappa shape index (κ3) is 21.7. The zero-order valence-electron chi connectivity index (χ0n) is 26.4. The lowest BCUT2D eigenvalue weighted by atomic mass is 9.73. The van der Waals surface area contributed by atoms with Crippen molar-refractivity contribution in [3.05, 3.63) is 0 Å². The maximum atomic E-state index is 12.7. The van der Waals surface area contributed by atoms with Crippen LogP contribution >= 0.6 is 11.9 Å². The fourth-order valence-corrected chi connectivity index (χ4v) is 5.00. The minimum atomic E-state index is -1.35. The number of amidine groups is 1. The molecule has 0 unspecified atom stereocenters. The molecule has 0 radical (unpaired) electrons. The fourth-order valence-electron chi connectivity index (χ4n) is 4.20. The van der Waals surface area contributed by atoms with Crippen molar-refractivity contribution in [3.8, 4) is 0 Å². The number of hydrazone groups is 1. The number of nitrogens with one attached hydrogen (secondary N) is 4. The number of rotatable bonds is 25. The fraction of sp³-hybridized carbons (Fsp3) is 0.741. The van der Waals surface area contributed by atoms with E-state index in [1.54, 1.807) is 0 Å². The second kappa shape index (κ2) is 22.0. The summed E-state index contributed by atoms with van der Waals surface area (Å²) in [6.45, 7) is 7.36. The number of ether oxygens (including phenoxy) is 2. The largest absolute Gasteiger partial charge is 0.480 e. The lowest BCUT2D eigenvalue weighted by molar-refractivity contribution is -0.143. The summed E-state index contributed by atoms with van der Waals surface area (Å²) in [4.78, 5) is 69.9. The first-order valence-corrected chi connectivity index (χ1v) is 15.3. The molecule has 0 saturated heterocycles. The minimum absolute atomic E-state index is 0.0456. The quantitative estimate of drug-likeness (QED) is 0.0150. The molecule has 0 aromatic heterocycles. The van der Waals surface area contributed by atoms with Crippen LogP contribution < -0.4 is 32.2 Å². The van der Waals surface area contributed by atoms with Crippen molar-refractivity contribution in [1.29, 1.82) is 0 Å². The molecule has 0 aromatic carbocycles. The van der Waals surface area contributed by atoms with E-state index in [1.165, 1.54) is 11.9 Å². The summed E-state index contributed by atoms with van der Waals surface area (Å²) in [7, 11) is 0. The van der Waals surface area contributed by atoms with Crippen LogP contribution in [0.3, 0.4) is 0 Å². The number of nitrogens with two attached hydrogens (primary N) is 2. The summed E-state index contributed by atoms with van der Waals surface area (Å²) in [6.07, 6.45) is 1.38. The lowest BCUT2D eigenvalue weighted by Gasteiger charge is -2.33. The topological polar surface area (TPSA) is 274 Å². The Balaban J connectivity index is 3.97. The van der Waals surface area contributed by atoms with Crippen molar-refractivity contribution in [2.75, 3.05) is 45.3 Å². The highest BCUT2D eigenvalue weighted by Crippen LogP contribution is 2.36. The van der Waals surface area contributed by atoms with Crippen LogP contribution in [0.1, 0.15) is 66.2 Å². The van der Waals surface area contributed by atoms with Gasteiger partial charge in [-0.3, -0.25) is 28.7 Å². The second-order valence-electron chi connectivity index (χ2n) is 11.6. The summed E-state index contributed by atoms with van der Waals surface area (Å²) in [5.41, 5.74) is 4.83. The monoisotopic (exact) mass is 663 g/mol. The Kier molecular flexibility index (Phi) is 20.2. The number of hydrogen-bond acceptors (Lipinski definition) is 11. The van der Waals surface area contributed by atoms with Gasteiger partial charge in [0.2, 0.25) is 23.6 Å². The third-order valence-corrected chi connectivity index (χ3v) is 6.90. The van der Waals surface area contributed by atoms with Crippen molar-refractivity contribution in [2.45, 2.75) is 72.3 Å². The Hall–Kier alpha value is -3.64. The molecule has 0 heterocycles. The number of hydrogen-bond donors (Lipinski definition) is 8. The molecular weight excluding hydrogens is 614 g/mol. The molecule has 18 heteroatoms. The number of carbonyl (C=O) groups excluding carboxylic acids is 4. The summed E-state index contributed by atoms with van der Waals surface area (Å²) in [5.74, 6) is 1.90. The van der Waals surface area contributed by atoms with Gasteiger partial charge in [0, 0.05) is 37.0 Å². The first-order valence-electron chi connectivity index (χ1n) is 14.4. The van der Waals surface area contributed by atoms with E-state index in [0.717, 1.165) is 0 Å². The van der Waals surface area contributed by atoms with Gasteiger partial charge in [-0.15, -0.1) is 0 Å². The zero-order valence-corrected chi connectivity index (χ0v) is 27.3. The molecule has 10 N–H and O–H groups in total. The Labute approximate surface area is 267 Å². The van der Waals surface area contributed by atoms with Crippen LogP contribution in [0.2, 0.25) is 0 Å². The van der Waals surface area contributed by atoms with Gasteiger partial charge < -0.3 is 47.2 Å². The Morgan fingerprint density at radius 1 is 0.911 bits per heavy atom. The number of nitrogens with zero attached hydrogens (tertiary/aromatic N) is 1. The van der Waals surface area contributed by atoms with Crippen LogP contribution in [-0.4, -0.2) is 103 Å². The number of aliphatic carboxylic acids is 2. The van der Waals surface area contributed by atoms with E-state index in [4.69, 9.17) is 26.2 Å². The van der Waals surface area contributed by atoms with Gasteiger partial charge in [0.25, 0.3) is 0 Å². The van der Waals surface area contributed by atoms with Gasteiger partial charge in [-0.2, -0.15) is 5.10 Å². The molecule has 0 aliphatic rings. The molecule has 0 aromatic rings. The molecule has 0 aliphatic heterocycles. The highest BCUT2D eigenvalue weighted by atomic mass is 32.2. The summed E-state index contributed by atoms with van der Waals surface area (Å²) in [5, 5.41) is 28.3. The van der Waals surface area contributed by atoms with Crippen molar-refractivity contribution < 1.29 is 48.5 Å². The van der Waals surface area contributed by atoms with E-state index >= 15 is 0 Å². The molecule has 45 heavy (non-hydrogen) atoms. The van der Waals surface area contributed by atoms with Crippen molar-refractivity contribution >= 4 is 53.4 Å². The molecule has 0 bridgehead atoms. The van der Waals surface area contributed by atoms with Gasteiger partial charge in [0.1, 0.15) is 25.0 Å². The maximum absolute atomic E-state index is 12.7. The first kappa shape index (κ1) is 41.4. The van der Waals surface area contributed by atoms with E-state index in [-0.39, 0.29) is 62.9 Å². The highest BCUT2D eigenvalue weighted by molar-refractivity contribution is 7.97. The molecule has 4 amide bonds. The summed E-state index contributed by atoms with van der Waals surface area (Å²) >= 11 is 1.25. The van der Waals surface area contributed by atoms with E-state index in [2.05, 4.69) is 25.8 Å². The van der Waals surface area contributed by atoms with Gasteiger partial charge in [-0.25, -0.2) is 4.79 Å². The van der Waals surface area contributed by atoms with Crippen molar-refractivity contribution in [3.63, 3.8) is 0 Å². The van der Waals surface area contributed by atoms with E-state index in [1.807, 2.05) is 27.7 Å². The first-order chi connectivity index (χ1) is 21.0. The summed E-state index contributed by atoms with van der Waals surface area (Å²) < 4.78 is 13.3. The predicted molar refractivity (Wildman–Crippen MR) is 167 cm³/mol. The highest BCUT2D eigenvalue weighted by Gasteiger charge is 2.35. The standard InChI is InChI=1S/C27H49N7O10S/c1-26(2,14-19(28)33-29)17-27(3,4)25(42)34-45-13-5-6-20(35)30-9-10-43-11-12-44-16-22(37)32-18(24(40)41)7-8-21(36)31-15-23(38)39/h18H,5-17,29H2,1-4H3,(H2,28,33)(H,30,35)(H,31,36)(H,32,37)(H,34,42)(H,38,39)(H,40,41)/t18-/m0/s1. The van der Waals surface area contributed by atoms with Gasteiger partial charge >= 0.3 is 11.9 Å². The smallest absolute Gasteiger partial charge is 0.326 e. The van der Waals surface area contributed by atoms with Crippen LogP contribution in [0.15, 0.2) is 5.10 Å². The molecule has 258 valence electrons. The van der Waals surface area contributed by atoms with Gasteiger partial charge in [0.15, 0.2) is 0 Å². The Bertz CT molecular complexity index is 1020. The lowest BCUT2D eigenvalue weighted by Crippen LogP contribution is -2.43. The van der Waals surface area contributed by atoms with Gasteiger partial charge in [-0.05, 0) is 24.7 Å². The molecule has 0 rings (SSSR count). The van der Waals surface area contributed by atoms with Crippen LogP contribution in [0.5, 0.6) is 0 Å². The van der Waals surface area contributed by atoms with Crippen LogP contribution in [-0.2, 0) is 38.2 Å². The number of carboxylic acids is 2. The van der Waals surface area contributed by atoms with Crippen molar-refractivity contribution in [2.24, 2.45) is 27.5 Å². The van der Waals surface area contributed by atoms with Crippen LogP contribution in [0.25, 0.3) is 0 Å².